The van der Waals surface area contributed by atoms with Gasteiger partial charge in [-0.15, -0.1) is 0 Å². The Morgan fingerprint density at radius 2 is 1.89 bits per heavy atom. The summed E-state index contributed by atoms with van der Waals surface area (Å²) >= 11 is 0. The van der Waals surface area contributed by atoms with Gasteiger partial charge in [-0.05, 0) is 19.3 Å². The topological polar surface area (TPSA) is 127 Å². The minimum Gasteiger partial charge on any atom is -0.480 e. The molecule has 5 N–H and O–H groups in total. The van der Waals surface area contributed by atoms with Crippen molar-refractivity contribution in [2.45, 2.75) is 50.6 Å². The molecule has 106 valence electrons. The van der Waals surface area contributed by atoms with Crippen LogP contribution in [0.25, 0.3) is 0 Å². The summed E-state index contributed by atoms with van der Waals surface area (Å²) in [6.07, 6.45) is 4.67. The Morgan fingerprint density at radius 3 is 2.33 bits per heavy atom. The van der Waals surface area contributed by atoms with Gasteiger partial charge in [-0.3, -0.25) is 4.79 Å². The number of carbonyl (C=O) groups is 1. The summed E-state index contributed by atoms with van der Waals surface area (Å²) in [6, 6.07) is -1.17. The number of rotatable bonds is 6. The summed E-state index contributed by atoms with van der Waals surface area (Å²) in [5.74, 6) is -1.13. The summed E-state index contributed by atoms with van der Waals surface area (Å²) in [7, 11) is -3.80. The van der Waals surface area contributed by atoms with Crippen LogP contribution in [-0.2, 0) is 15.0 Å². The molecule has 0 unspecified atom stereocenters. The molecule has 0 amide bonds. The van der Waals surface area contributed by atoms with Crippen molar-refractivity contribution in [3.63, 3.8) is 0 Å². The van der Waals surface area contributed by atoms with E-state index in [9.17, 15) is 13.2 Å². The van der Waals surface area contributed by atoms with Gasteiger partial charge in [0.1, 0.15) is 6.04 Å². The normalized spacial score (nSPS) is 19.9. The number of nitrogens with two attached hydrogens (primary N) is 2. The summed E-state index contributed by atoms with van der Waals surface area (Å²) < 4.78 is 24.3. The zero-order valence-corrected chi connectivity index (χ0v) is 11.1. The number of aliphatic carboxylic acids is 1. The minimum absolute atomic E-state index is 0.0664. The Bertz CT molecular complexity index is 379. The molecule has 0 aromatic heterocycles. The van der Waals surface area contributed by atoms with Gasteiger partial charge in [0, 0.05) is 12.6 Å². The molecular formula is C10H21N3O4S. The molecular weight excluding hydrogens is 258 g/mol. The molecule has 0 heterocycles. The summed E-state index contributed by atoms with van der Waals surface area (Å²) in [5.41, 5.74) is 5.38. The second kappa shape index (κ2) is 6.46. The molecule has 0 bridgehead atoms. The van der Waals surface area contributed by atoms with Crippen LogP contribution in [-0.4, -0.2) is 42.4 Å². The van der Waals surface area contributed by atoms with Crippen LogP contribution >= 0.6 is 0 Å². The van der Waals surface area contributed by atoms with Crippen LogP contribution in [0.15, 0.2) is 0 Å². The lowest BCUT2D eigenvalue weighted by molar-refractivity contribution is -0.138. The molecule has 1 aliphatic carbocycles. The molecule has 1 atom stereocenters. The van der Waals surface area contributed by atoms with Crippen LogP contribution < -0.4 is 10.9 Å². The van der Waals surface area contributed by atoms with Crippen molar-refractivity contribution in [2.75, 3.05) is 6.54 Å². The number of nitrogens with zero attached hydrogens (tertiary/aromatic N) is 1. The van der Waals surface area contributed by atoms with Crippen LogP contribution in [0.3, 0.4) is 0 Å². The number of carboxylic acids is 1. The van der Waals surface area contributed by atoms with Crippen LogP contribution in [0.5, 0.6) is 0 Å². The fourth-order valence-corrected chi connectivity index (χ4v) is 3.26. The molecule has 1 fully saturated rings. The Balaban J connectivity index is 2.64. The highest BCUT2D eigenvalue weighted by Gasteiger charge is 2.29. The Labute approximate surface area is 107 Å². The van der Waals surface area contributed by atoms with E-state index in [4.69, 9.17) is 16.0 Å². The van der Waals surface area contributed by atoms with Crippen molar-refractivity contribution < 1.29 is 18.3 Å². The smallest absolute Gasteiger partial charge is 0.320 e. The third-order valence-electron chi connectivity index (χ3n) is 3.29. The first-order valence-electron chi connectivity index (χ1n) is 6.10. The molecule has 0 aromatic rings. The zero-order valence-electron chi connectivity index (χ0n) is 10.3. The SMILES string of the molecule is N[C@@H](CCN(C1CCCCC1)S(N)(=O)=O)C(=O)O. The van der Waals surface area contributed by atoms with Crippen LogP contribution in [0.2, 0.25) is 0 Å². The quantitative estimate of drug-likeness (QED) is 0.611. The fraction of sp³-hybridized carbons (Fsp3) is 0.900. The molecule has 1 saturated carbocycles. The van der Waals surface area contributed by atoms with Crippen molar-refractivity contribution in [1.29, 1.82) is 0 Å². The highest BCUT2D eigenvalue weighted by Crippen LogP contribution is 2.24. The summed E-state index contributed by atoms with van der Waals surface area (Å²) in [4.78, 5) is 10.6. The van der Waals surface area contributed by atoms with E-state index >= 15 is 0 Å². The predicted octanol–water partition coefficient (Wildman–Crippen LogP) is -0.373. The van der Waals surface area contributed by atoms with Gasteiger partial charge in [-0.25, -0.2) is 5.14 Å². The van der Waals surface area contributed by atoms with Crippen molar-refractivity contribution in [2.24, 2.45) is 10.9 Å². The first-order chi connectivity index (χ1) is 8.32. The van der Waals surface area contributed by atoms with Crippen LogP contribution in [0.1, 0.15) is 38.5 Å². The molecule has 7 nitrogen and oxygen atoms in total. The minimum atomic E-state index is -3.80. The van der Waals surface area contributed by atoms with Crippen LogP contribution in [0, 0.1) is 0 Å². The van der Waals surface area contributed by atoms with Gasteiger partial charge < -0.3 is 10.8 Å². The van der Waals surface area contributed by atoms with Crippen molar-refractivity contribution in [1.82, 2.24) is 4.31 Å². The lowest BCUT2D eigenvalue weighted by Crippen LogP contribution is -2.47. The Morgan fingerprint density at radius 1 is 1.33 bits per heavy atom. The lowest BCUT2D eigenvalue weighted by Gasteiger charge is -2.32. The van der Waals surface area contributed by atoms with E-state index in [-0.39, 0.29) is 19.0 Å². The van der Waals surface area contributed by atoms with E-state index in [1.165, 1.54) is 4.31 Å². The van der Waals surface area contributed by atoms with E-state index in [0.29, 0.717) is 0 Å². The third kappa shape index (κ3) is 4.52. The Hall–Kier alpha value is -0.700. The number of hydrogen-bond acceptors (Lipinski definition) is 4. The van der Waals surface area contributed by atoms with E-state index in [1.807, 2.05) is 0 Å². The highest BCUT2D eigenvalue weighted by molar-refractivity contribution is 7.86. The van der Waals surface area contributed by atoms with Gasteiger partial charge in [0.2, 0.25) is 0 Å². The first-order valence-corrected chi connectivity index (χ1v) is 7.60. The molecule has 0 radical (unpaired) electrons. The van der Waals surface area contributed by atoms with E-state index in [0.717, 1.165) is 32.1 Å². The highest BCUT2D eigenvalue weighted by atomic mass is 32.2. The van der Waals surface area contributed by atoms with Gasteiger partial charge >= 0.3 is 5.97 Å². The number of hydrogen-bond donors (Lipinski definition) is 3. The van der Waals surface area contributed by atoms with Gasteiger partial charge in [-0.2, -0.15) is 12.7 Å². The number of carboxylic acid groups (broad SMARTS) is 1. The molecule has 0 saturated heterocycles. The molecule has 0 spiro atoms. The first kappa shape index (κ1) is 15.4. The monoisotopic (exact) mass is 279 g/mol. The van der Waals surface area contributed by atoms with Gasteiger partial charge in [0.15, 0.2) is 0 Å². The Kier molecular flexibility index (Phi) is 5.51. The predicted molar refractivity (Wildman–Crippen MR) is 66.9 cm³/mol. The van der Waals surface area contributed by atoms with Crippen molar-refractivity contribution in [3.8, 4) is 0 Å². The largest absolute Gasteiger partial charge is 0.480 e. The van der Waals surface area contributed by atoms with E-state index in [2.05, 4.69) is 0 Å². The van der Waals surface area contributed by atoms with Crippen molar-refractivity contribution >= 4 is 16.2 Å². The van der Waals surface area contributed by atoms with Crippen LogP contribution in [0.4, 0.5) is 0 Å². The second-order valence-corrected chi connectivity index (χ2v) is 6.18. The standard InChI is InChI=1S/C10H21N3O4S/c11-9(10(14)15)6-7-13(18(12,16)17)8-4-2-1-3-5-8/h8-9H,1-7,11H2,(H,14,15)(H2,12,16,17)/t9-/m0/s1. The average molecular weight is 279 g/mol. The second-order valence-electron chi connectivity index (χ2n) is 4.68. The average Bonchev–Trinajstić information content (AvgIpc) is 2.28. The molecule has 1 aliphatic rings. The fourth-order valence-electron chi connectivity index (χ4n) is 2.28. The molecule has 8 heteroatoms. The summed E-state index contributed by atoms with van der Waals surface area (Å²) in [5, 5.41) is 13.9. The maximum Gasteiger partial charge on any atom is 0.320 e. The van der Waals surface area contributed by atoms with E-state index < -0.39 is 22.2 Å². The summed E-state index contributed by atoms with van der Waals surface area (Å²) in [6.45, 7) is 0.0664. The van der Waals surface area contributed by atoms with E-state index in [1.54, 1.807) is 0 Å². The van der Waals surface area contributed by atoms with Gasteiger partial charge in [0.25, 0.3) is 10.2 Å². The van der Waals surface area contributed by atoms with Gasteiger partial charge in [-0.1, -0.05) is 19.3 Å². The zero-order chi connectivity index (χ0) is 13.8. The maximum atomic E-state index is 11.5. The maximum absolute atomic E-state index is 11.5. The van der Waals surface area contributed by atoms with Gasteiger partial charge in [0.05, 0.1) is 0 Å². The van der Waals surface area contributed by atoms with Crippen molar-refractivity contribution in [3.05, 3.63) is 0 Å². The lowest BCUT2D eigenvalue weighted by atomic mass is 9.95. The molecule has 0 aliphatic heterocycles. The molecule has 1 rings (SSSR count). The molecule has 0 aromatic carbocycles. The molecule has 18 heavy (non-hydrogen) atoms. The third-order valence-corrected chi connectivity index (χ3v) is 4.42.